The summed E-state index contributed by atoms with van der Waals surface area (Å²) in [4.78, 5) is 20.1. The first-order valence-electron chi connectivity index (χ1n) is 7.03. The molecule has 1 N–H and O–H groups in total. The number of benzene rings is 1. The molecule has 1 amide bonds. The minimum absolute atomic E-state index is 0.0852. The summed E-state index contributed by atoms with van der Waals surface area (Å²) in [7, 11) is 0. The van der Waals surface area contributed by atoms with Crippen molar-refractivity contribution in [1.29, 1.82) is 0 Å². The fourth-order valence-electron chi connectivity index (χ4n) is 2.14. The van der Waals surface area contributed by atoms with Gasteiger partial charge in [-0.05, 0) is 29.3 Å². The Balaban J connectivity index is 1.59. The summed E-state index contributed by atoms with van der Waals surface area (Å²) in [6, 6.07) is 11.4. The Hall–Kier alpha value is -2.95. The van der Waals surface area contributed by atoms with Crippen molar-refractivity contribution in [3.63, 3.8) is 0 Å². The highest BCUT2D eigenvalue weighted by atomic mass is 16.1. The standard InChI is InChI=1S/C17H16N4O/c22-17(20-11-15-2-1-7-18-10-15)16-5-3-14(4-6-16)12-21-9-8-19-13-21/h1-10,13H,11-12H2,(H,20,22). The molecule has 0 bridgehead atoms. The lowest BCUT2D eigenvalue weighted by molar-refractivity contribution is 0.0951. The first-order valence-corrected chi connectivity index (χ1v) is 7.03. The van der Waals surface area contributed by atoms with E-state index in [1.54, 1.807) is 24.9 Å². The second kappa shape index (κ2) is 6.67. The first-order chi connectivity index (χ1) is 10.8. The van der Waals surface area contributed by atoms with Crippen molar-refractivity contribution in [1.82, 2.24) is 19.9 Å². The normalized spacial score (nSPS) is 10.4. The molecule has 110 valence electrons. The fraction of sp³-hybridized carbons (Fsp3) is 0.118. The second-order valence-corrected chi connectivity index (χ2v) is 4.98. The smallest absolute Gasteiger partial charge is 0.251 e. The zero-order valence-electron chi connectivity index (χ0n) is 12.0. The van der Waals surface area contributed by atoms with Crippen LogP contribution in [0.25, 0.3) is 0 Å². The Labute approximate surface area is 128 Å². The van der Waals surface area contributed by atoms with Crippen molar-refractivity contribution in [2.45, 2.75) is 13.1 Å². The summed E-state index contributed by atoms with van der Waals surface area (Å²) in [5.74, 6) is -0.0852. The number of pyridine rings is 1. The predicted octanol–water partition coefficient (Wildman–Crippen LogP) is 2.26. The minimum atomic E-state index is -0.0852. The molecule has 0 radical (unpaired) electrons. The molecule has 0 saturated heterocycles. The molecule has 3 rings (SSSR count). The van der Waals surface area contributed by atoms with Gasteiger partial charge in [-0.3, -0.25) is 9.78 Å². The number of imidazole rings is 1. The third-order valence-corrected chi connectivity index (χ3v) is 3.32. The lowest BCUT2D eigenvalue weighted by Gasteiger charge is -2.07. The topological polar surface area (TPSA) is 59.8 Å². The van der Waals surface area contributed by atoms with Crippen LogP contribution in [0.1, 0.15) is 21.5 Å². The van der Waals surface area contributed by atoms with Gasteiger partial charge in [0.15, 0.2) is 0 Å². The van der Waals surface area contributed by atoms with E-state index in [2.05, 4.69) is 15.3 Å². The van der Waals surface area contributed by atoms with Crippen LogP contribution in [0, 0.1) is 0 Å². The molecule has 0 atom stereocenters. The molecule has 5 nitrogen and oxygen atoms in total. The quantitative estimate of drug-likeness (QED) is 0.784. The molecule has 3 aromatic rings. The highest BCUT2D eigenvalue weighted by Gasteiger charge is 2.05. The van der Waals surface area contributed by atoms with Crippen LogP contribution >= 0.6 is 0 Å². The molecule has 0 aliphatic rings. The van der Waals surface area contributed by atoms with Gasteiger partial charge in [-0.15, -0.1) is 0 Å². The molecule has 0 unspecified atom stereocenters. The molecule has 0 aliphatic carbocycles. The van der Waals surface area contributed by atoms with Gasteiger partial charge in [-0.25, -0.2) is 4.98 Å². The van der Waals surface area contributed by atoms with E-state index in [0.717, 1.165) is 17.7 Å². The van der Waals surface area contributed by atoms with E-state index in [1.807, 2.05) is 47.2 Å². The number of amides is 1. The Morgan fingerprint density at radius 1 is 1.05 bits per heavy atom. The van der Waals surface area contributed by atoms with Crippen molar-refractivity contribution in [2.75, 3.05) is 0 Å². The lowest BCUT2D eigenvalue weighted by atomic mass is 10.1. The molecular weight excluding hydrogens is 276 g/mol. The van der Waals surface area contributed by atoms with E-state index in [1.165, 1.54) is 0 Å². The SMILES string of the molecule is O=C(NCc1cccnc1)c1ccc(Cn2ccnc2)cc1. The van der Waals surface area contributed by atoms with Crippen molar-refractivity contribution in [3.05, 3.63) is 84.2 Å². The summed E-state index contributed by atoms with van der Waals surface area (Å²) in [5, 5.41) is 2.89. The summed E-state index contributed by atoms with van der Waals surface area (Å²) < 4.78 is 1.98. The Kier molecular flexibility index (Phi) is 4.25. The van der Waals surface area contributed by atoms with E-state index < -0.39 is 0 Å². The van der Waals surface area contributed by atoms with E-state index >= 15 is 0 Å². The molecule has 5 heteroatoms. The number of aromatic nitrogens is 3. The average molecular weight is 292 g/mol. The van der Waals surface area contributed by atoms with Crippen LogP contribution in [-0.4, -0.2) is 20.4 Å². The van der Waals surface area contributed by atoms with Gasteiger partial charge in [-0.2, -0.15) is 0 Å². The number of hydrogen-bond donors (Lipinski definition) is 1. The van der Waals surface area contributed by atoms with Gasteiger partial charge in [0.05, 0.1) is 6.33 Å². The van der Waals surface area contributed by atoms with E-state index in [9.17, 15) is 4.79 Å². The van der Waals surface area contributed by atoms with Crippen molar-refractivity contribution in [2.24, 2.45) is 0 Å². The number of carbonyl (C=O) groups is 1. The molecule has 0 saturated carbocycles. The molecule has 0 spiro atoms. The maximum atomic E-state index is 12.1. The van der Waals surface area contributed by atoms with Gasteiger partial charge >= 0.3 is 0 Å². The second-order valence-electron chi connectivity index (χ2n) is 4.98. The van der Waals surface area contributed by atoms with E-state index in [4.69, 9.17) is 0 Å². The van der Waals surface area contributed by atoms with Crippen molar-refractivity contribution < 1.29 is 4.79 Å². The van der Waals surface area contributed by atoms with Crippen LogP contribution in [-0.2, 0) is 13.1 Å². The summed E-state index contributed by atoms with van der Waals surface area (Å²) in [5.41, 5.74) is 2.76. The average Bonchev–Trinajstić information content (AvgIpc) is 3.07. The van der Waals surface area contributed by atoms with Crippen LogP contribution in [0.3, 0.4) is 0 Å². The Bertz CT molecular complexity index is 721. The van der Waals surface area contributed by atoms with Gasteiger partial charge < -0.3 is 9.88 Å². The molecule has 1 aromatic carbocycles. The third kappa shape index (κ3) is 3.58. The van der Waals surface area contributed by atoms with Crippen LogP contribution in [0.5, 0.6) is 0 Å². The van der Waals surface area contributed by atoms with Crippen molar-refractivity contribution >= 4 is 5.91 Å². The number of nitrogens with one attached hydrogen (secondary N) is 1. The number of nitrogens with zero attached hydrogens (tertiary/aromatic N) is 3. The predicted molar refractivity (Wildman–Crippen MR) is 83.2 cm³/mol. The third-order valence-electron chi connectivity index (χ3n) is 3.32. The maximum Gasteiger partial charge on any atom is 0.251 e. The van der Waals surface area contributed by atoms with Gasteiger partial charge in [0.1, 0.15) is 0 Å². The fourth-order valence-corrected chi connectivity index (χ4v) is 2.14. The van der Waals surface area contributed by atoms with Gasteiger partial charge in [0, 0.05) is 43.4 Å². The van der Waals surface area contributed by atoms with E-state index in [-0.39, 0.29) is 5.91 Å². The van der Waals surface area contributed by atoms with E-state index in [0.29, 0.717) is 12.1 Å². The molecule has 2 aromatic heterocycles. The highest BCUT2D eigenvalue weighted by Crippen LogP contribution is 2.07. The number of carbonyl (C=O) groups excluding carboxylic acids is 1. The Morgan fingerprint density at radius 3 is 2.59 bits per heavy atom. The van der Waals surface area contributed by atoms with Crippen LogP contribution in [0.15, 0.2) is 67.5 Å². The molecule has 0 aliphatic heterocycles. The monoisotopic (exact) mass is 292 g/mol. The number of hydrogen-bond acceptors (Lipinski definition) is 3. The zero-order valence-corrected chi connectivity index (χ0v) is 12.0. The minimum Gasteiger partial charge on any atom is -0.348 e. The summed E-state index contributed by atoms with van der Waals surface area (Å²) in [6.45, 7) is 1.22. The largest absolute Gasteiger partial charge is 0.348 e. The highest BCUT2D eigenvalue weighted by molar-refractivity contribution is 5.94. The van der Waals surface area contributed by atoms with Crippen molar-refractivity contribution in [3.8, 4) is 0 Å². The molecule has 22 heavy (non-hydrogen) atoms. The van der Waals surface area contributed by atoms with Crippen LogP contribution in [0.2, 0.25) is 0 Å². The maximum absolute atomic E-state index is 12.1. The van der Waals surface area contributed by atoms with Gasteiger partial charge in [-0.1, -0.05) is 18.2 Å². The van der Waals surface area contributed by atoms with Gasteiger partial charge in [0.2, 0.25) is 0 Å². The van der Waals surface area contributed by atoms with Crippen LogP contribution < -0.4 is 5.32 Å². The summed E-state index contributed by atoms with van der Waals surface area (Å²) >= 11 is 0. The first kappa shape index (κ1) is 14.0. The number of rotatable bonds is 5. The Morgan fingerprint density at radius 2 is 1.91 bits per heavy atom. The molecular formula is C17H16N4O. The van der Waals surface area contributed by atoms with Gasteiger partial charge in [0.25, 0.3) is 5.91 Å². The molecule has 0 fully saturated rings. The summed E-state index contributed by atoms with van der Waals surface area (Å²) in [6.07, 6.45) is 8.89. The lowest BCUT2D eigenvalue weighted by Crippen LogP contribution is -2.22. The van der Waals surface area contributed by atoms with Crippen LogP contribution in [0.4, 0.5) is 0 Å². The zero-order chi connectivity index (χ0) is 15.2. The molecule has 2 heterocycles.